The van der Waals surface area contributed by atoms with Crippen LogP contribution in [-0.4, -0.2) is 19.7 Å². The molecule has 0 aliphatic heterocycles. The van der Waals surface area contributed by atoms with E-state index in [0.717, 1.165) is 10.7 Å². The first-order valence-corrected chi connectivity index (χ1v) is 9.33. The van der Waals surface area contributed by atoms with Crippen molar-refractivity contribution in [1.29, 1.82) is 5.26 Å². The molecular weight excluding hydrogens is 370 g/mol. The van der Waals surface area contributed by atoms with E-state index in [2.05, 4.69) is 10.2 Å². The van der Waals surface area contributed by atoms with Crippen molar-refractivity contribution in [3.05, 3.63) is 63.5 Å². The number of nitro benzene ring substituents is 1. The molecule has 26 heavy (non-hydrogen) atoms. The van der Waals surface area contributed by atoms with Gasteiger partial charge >= 0.3 is 0 Å². The summed E-state index contributed by atoms with van der Waals surface area (Å²) in [6.45, 7) is 2.69. The number of rotatable bonds is 6. The number of aromatic nitrogens is 3. The average molecular weight is 383 g/mol. The molecule has 0 spiro atoms. The third-order valence-corrected chi connectivity index (χ3v) is 5.46. The maximum absolute atomic E-state index is 10.8. The SMILES string of the molecule is CCn1c(SC(=CC#N)c2ccc([N+](=O)[O-])cc2)nnc1-c1cccs1. The molecule has 0 unspecified atom stereocenters. The molecule has 0 N–H and O–H groups in total. The standard InChI is InChI=1S/C17H13N5O2S2/c1-2-21-16(15-4-3-11-25-15)19-20-17(21)26-14(9-10-18)12-5-7-13(8-6-12)22(23)24/h3-9,11H,2H2,1H3. The smallest absolute Gasteiger partial charge is 0.269 e. The molecule has 2 heterocycles. The van der Waals surface area contributed by atoms with Crippen LogP contribution in [0.1, 0.15) is 12.5 Å². The van der Waals surface area contributed by atoms with Gasteiger partial charge in [0.2, 0.25) is 0 Å². The lowest BCUT2D eigenvalue weighted by Gasteiger charge is -2.08. The summed E-state index contributed by atoms with van der Waals surface area (Å²) in [5, 5.41) is 31.1. The van der Waals surface area contributed by atoms with Gasteiger partial charge < -0.3 is 4.57 Å². The quantitative estimate of drug-likeness (QED) is 0.267. The summed E-state index contributed by atoms with van der Waals surface area (Å²) >= 11 is 2.90. The summed E-state index contributed by atoms with van der Waals surface area (Å²) < 4.78 is 1.98. The van der Waals surface area contributed by atoms with E-state index in [9.17, 15) is 10.1 Å². The molecule has 0 amide bonds. The predicted octanol–water partition coefficient (Wildman–Crippen LogP) is 4.59. The molecule has 0 aliphatic rings. The first-order valence-electron chi connectivity index (χ1n) is 7.63. The fraction of sp³-hybridized carbons (Fsp3) is 0.118. The summed E-state index contributed by atoms with van der Waals surface area (Å²) in [5.41, 5.74) is 0.720. The van der Waals surface area contributed by atoms with E-state index in [1.54, 1.807) is 23.5 Å². The number of nitriles is 1. The van der Waals surface area contributed by atoms with Crippen molar-refractivity contribution in [3.8, 4) is 16.8 Å². The molecule has 1 aromatic carbocycles. The minimum absolute atomic E-state index is 0.00626. The van der Waals surface area contributed by atoms with Gasteiger partial charge in [0.1, 0.15) is 0 Å². The molecular formula is C17H13N5O2S2. The minimum Gasteiger partial charge on any atom is -0.301 e. The number of hydrogen-bond donors (Lipinski definition) is 0. The third-order valence-electron chi connectivity index (χ3n) is 3.53. The molecule has 3 aromatic rings. The van der Waals surface area contributed by atoms with Crippen LogP contribution in [0.2, 0.25) is 0 Å². The molecule has 3 rings (SSSR count). The van der Waals surface area contributed by atoms with E-state index in [-0.39, 0.29) is 5.69 Å². The van der Waals surface area contributed by atoms with Crippen LogP contribution >= 0.6 is 23.1 Å². The Balaban J connectivity index is 1.93. The molecule has 0 radical (unpaired) electrons. The van der Waals surface area contributed by atoms with Crippen LogP contribution in [0.4, 0.5) is 5.69 Å². The van der Waals surface area contributed by atoms with Gasteiger partial charge in [0.25, 0.3) is 5.69 Å². The second-order valence-corrected chi connectivity index (χ2v) is 7.03. The van der Waals surface area contributed by atoms with Crippen molar-refractivity contribution in [3.63, 3.8) is 0 Å². The summed E-state index contributed by atoms with van der Waals surface area (Å²) in [4.78, 5) is 12.0. The second kappa shape index (κ2) is 7.95. The summed E-state index contributed by atoms with van der Waals surface area (Å²) in [6.07, 6.45) is 1.41. The van der Waals surface area contributed by atoms with E-state index >= 15 is 0 Å². The van der Waals surface area contributed by atoms with E-state index in [0.29, 0.717) is 22.2 Å². The van der Waals surface area contributed by atoms with Crippen LogP contribution in [0.5, 0.6) is 0 Å². The fourth-order valence-electron chi connectivity index (χ4n) is 2.31. The minimum atomic E-state index is -0.453. The van der Waals surface area contributed by atoms with Crippen molar-refractivity contribution in [2.75, 3.05) is 0 Å². The van der Waals surface area contributed by atoms with E-state index in [4.69, 9.17) is 5.26 Å². The molecule has 0 fully saturated rings. The molecule has 9 heteroatoms. The maximum Gasteiger partial charge on any atom is 0.269 e. The van der Waals surface area contributed by atoms with Gasteiger partial charge in [-0.15, -0.1) is 21.5 Å². The molecule has 7 nitrogen and oxygen atoms in total. The molecule has 0 bridgehead atoms. The van der Waals surface area contributed by atoms with Crippen LogP contribution in [0.15, 0.2) is 53.0 Å². The average Bonchev–Trinajstić information content (AvgIpc) is 3.30. The van der Waals surface area contributed by atoms with Crippen LogP contribution in [0.3, 0.4) is 0 Å². The highest BCUT2D eigenvalue weighted by atomic mass is 32.2. The Labute approximate surface area is 157 Å². The predicted molar refractivity (Wildman–Crippen MR) is 102 cm³/mol. The number of thioether (sulfide) groups is 1. The first-order chi connectivity index (χ1) is 12.6. The van der Waals surface area contributed by atoms with Crippen LogP contribution < -0.4 is 0 Å². The number of nitro groups is 1. The highest BCUT2D eigenvalue weighted by Gasteiger charge is 2.17. The Morgan fingerprint density at radius 3 is 2.73 bits per heavy atom. The lowest BCUT2D eigenvalue weighted by atomic mass is 10.2. The van der Waals surface area contributed by atoms with Crippen LogP contribution in [-0.2, 0) is 6.54 Å². The summed E-state index contributed by atoms with van der Waals surface area (Å²) in [7, 11) is 0. The molecule has 0 saturated heterocycles. The monoisotopic (exact) mass is 383 g/mol. The van der Waals surface area contributed by atoms with Crippen molar-refractivity contribution in [2.45, 2.75) is 18.6 Å². The topological polar surface area (TPSA) is 97.6 Å². The number of nitrogens with zero attached hydrogens (tertiary/aromatic N) is 5. The van der Waals surface area contributed by atoms with Crippen LogP contribution in [0.25, 0.3) is 15.6 Å². The van der Waals surface area contributed by atoms with Crippen molar-refractivity contribution in [1.82, 2.24) is 14.8 Å². The highest BCUT2D eigenvalue weighted by molar-refractivity contribution is 8.08. The number of non-ortho nitro benzene ring substituents is 1. The molecule has 2 aromatic heterocycles. The molecule has 0 atom stereocenters. The molecule has 130 valence electrons. The fourth-order valence-corrected chi connectivity index (χ4v) is 4.00. The van der Waals surface area contributed by atoms with Crippen molar-refractivity contribution >= 4 is 33.7 Å². The Morgan fingerprint density at radius 2 is 2.15 bits per heavy atom. The summed E-state index contributed by atoms with van der Waals surface area (Å²) in [5.74, 6) is 0.782. The Morgan fingerprint density at radius 1 is 1.38 bits per heavy atom. The van der Waals surface area contributed by atoms with Gasteiger partial charge in [-0.25, -0.2) is 0 Å². The van der Waals surface area contributed by atoms with Crippen molar-refractivity contribution in [2.24, 2.45) is 0 Å². The number of thiophene rings is 1. The lowest BCUT2D eigenvalue weighted by molar-refractivity contribution is -0.384. The molecule has 0 aliphatic carbocycles. The zero-order valence-electron chi connectivity index (χ0n) is 13.7. The largest absolute Gasteiger partial charge is 0.301 e. The van der Waals surface area contributed by atoms with Gasteiger partial charge in [0.05, 0.1) is 15.9 Å². The van der Waals surface area contributed by atoms with Gasteiger partial charge in [-0.2, -0.15) is 5.26 Å². The molecule has 0 saturated carbocycles. The Kier molecular flexibility index (Phi) is 5.46. The van der Waals surface area contributed by atoms with Gasteiger partial charge in [0, 0.05) is 29.7 Å². The first kappa shape index (κ1) is 17.8. The van der Waals surface area contributed by atoms with Crippen LogP contribution in [0, 0.1) is 21.4 Å². The number of hydrogen-bond acceptors (Lipinski definition) is 7. The Bertz CT molecular complexity index is 985. The normalized spacial score (nSPS) is 11.3. The zero-order valence-corrected chi connectivity index (χ0v) is 15.3. The van der Waals surface area contributed by atoms with E-state index in [1.165, 1.54) is 30.0 Å². The van der Waals surface area contributed by atoms with E-state index < -0.39 is 4.92 Å². The Hall–Kier alpha value is -2.96. The number of benzene rings is 1. The second-order valence-electron chi connectivity index (χ2n) is 5.07. The zero-order chi connectivity index (χ0) is 18.5. The maximum atomic E-state index is 10.8. The van der Waals surface area contributed by atoms with Gasteiger partial charge in [-0.05, 0) is 47.8 Å². The number of allylic oxidation sites excluding steroid dienone is 1. The lowest BCUT2D eigenvalue weighted by Crippen LogP contribution is -1.99. The third kappa shape index (κ3) is 3.66. The van der Waals surface area contributed by atoms with Gasteiger partial charge in [-0.3, -0.25) is 10.1 Å². The van der Waals surface area contributed by atoms with Crippen molar-refractivity contribution < 1.29 is 4.92 Å². The van der Waals surface area contributed by atoms with Gasteiger partial charge in [-0.1, -0.05) is 6.07 Å². The van der Waals surface area contributed by atoms with Gasteiger partial charge in [0.15, 0.2) is 11.0 Å². The van der Waals surface area contributed by atoms with E-state index in [1.807, 2.05) is 35.1 Å². The summed E-state index contributed by atoms with van der Waals surface area (Å²) in [6, 6.07) is 12.1. The highest BCUT2D eigenvalue weighted by Crippen LogP contribution is 2.36.